The lowest BCUT2D eigenvalue weighted by Crippen LogP contribution is -2.29. The van der Waals surface area contributed by atoms with Crippen molar-refractivity contribution in [3.05, 3.63) is 9.81 Å². The highest BCUT2D eigenvalue weighted by molar-refractivity contribution is 4.77. The van der Waals surface area contributed by atoms with E-state index in [2.05, 4.69) is 10.4 Å². The van der Waals surface area contributed by atoms with Crippen molar-refractivity contribution in [3.8, 4) is 0 Å². The van der Waals surface area contributed by atoms with Crippen molar-refractivity contribution in [2.75, 3.05) is 13.2 Å². The van der Waals surface area contributed by atoms with Crippen LogP contribution in [0.4, 0.5) is 0 Å². The fraction of sp³-hybridized carbons (Fsp3) is 1.00. The van der Waals surface area contributed by atoms with Gasteiger partial charge in [-0.2, -0.15) is 9.81 Å². The molecule has 5 heteroatoms. The molecule has 1 rings (SSSR count). The Balaban J connectivity index is 2.32. The topological polar surface area (TPSA) is 68.1 Å². The van der Waals surface area contributed by atoms with Gasteiger partial charge in [0.2, 0.25) is 0 Å². The number of ether oxygens (including phenoxy) is 1. The minimum Gasteiger partial charge on any atom is -0.376 e. The molecule has 2 atom stereocenters. The fourth-order valence-electron chi connectivity index (χ4n) is 1.17. The van der Waals surface area contributed by atoms with Gasteiger partial charge in [0.1, 0.15) is 6.54 Å². The molecule has 0 saturated carbocycles. The molecule has 0 aromatic rings. The molecule has 1 fully saturated rings. The van der Waals surface area contributed by atoms with Gasteiger partial charge in [-0.15, -0.1) is 0 Å². The summed E-state index contributed by atoms with van der Waals surface area (Å²) >= 11 is 0. The van der Waals surface area contributed by atoms with Crippen molar-refractivity contribution in [2.24, 2.45) is 10.4 Å². The smallest absolute Gasteiger partial charge is 0.107 e. The molecule has 1 aliphatic rings. The van der Waals surface area contributed by atoms with Crippen molar-refractivity contribution in [1.82, 2.24) is 0 Å². The average molecular weight is 158 g/mol. The van der Waals surface area contributed by atoms with E-state index in [0.29, 0.717) is 19.4 Å². The first-order valence-corrected chi connectivity index (χ1v) is 3.60. The second-order valence-corrected chi connectivity index (χ2v) is 2.59. The Morgan fingerprint density at radius 1 is 1.45 bits per heavy atom. The van der Waals surface area contributed by atoms with E-state index in [1.807, 2.05) is 0 Å². The summed E-state index contributed by atoms with van der Waals surface area (Å²) in [5.41, 5.74) is 0. The summed E-state index contributed by atoms with van der Waals surface area (Å²) < 4.78 is 5.16. The quantitative estimate of drug-likeness (QED) is 0.577. The molecule has 1 aliphatic heterocycles. The SMILES string of the molecule is O=NC[C@@H]1C[C@H](N=O)CCO1. The van der Waals surface area contributed by atoms with Crippen LogP contribution in [0.3, 0.4) is 0 Å². The van der Waals surface area contributed by atoms with Gasteiger partial charge in [0.05, 0.1) is 12.1 Å². The lowest BCUT2D eigenvalue weighted by atomic mass is 10.0. The van der Waals surface area contributed by atoms with E-state index in [0.717, 1.165) is 0 Å². The molecule has 0 unspecified atom stereocenters. The number of nitroso groups, excluding NO2 is 2. The van der Waals surface area contributed by atoms with E-state index in [1.54, 1.807) is 0 Å². The van der Waals surface area contributed by atoms with E-state index >= 15 is 0 Å². The predicted octanol–water partition coefficient (Wildman–Crippen LogP) is 1.07. The molecular formula is C6H10N2O3. The van der Waals surface area contributed by atoms with Gasteiger partial charge < -0.3 is 4.74 Å². The Bertz CT molecular complexity index is 151. The standard InChI is InChI=1S/C6H10N2O3/c9-7-4-6-3-5(8-10)1-2-11-6/h5-6H,1-4H2/t5-,6+/m1/s1. The van der Waals surface area contributed by atoms with Gasteiger partial charge in [0.25, 0.3) is 0 Å². The fourth-order valence-corrected chi connectivity index (χ4v) is 1.17. The summed E-state index contributed by atoms with van der Waals surface area (Å²) in [4.78, 5) is 19.9. The highest BCUT2D eigenvalue weighted by atomic mass is 16.5. The predicted molar refractivity (Wildman–Crippen MR) is 39.2 cm³/mol. The number of nitrogens with zero attached hydrogens (tertiary/aromatic N) is 2. The summed E-state index contributed by atoms with van der Waals surface area (Å²) in [7, 11) is 0. The number of hydrogen-bond acceptors (Lipinski definition) is 5. The van der Waals surface area contributed by atoms with Gasteiger partial charge in [-0.1, -0.05) is 10.4 Å². The molecule has 0 aromatic carbocycles. The van der Waals surface area contributed by atoms with Gasteiger partial charge in [-0.05, 0) is 6.42 Å². The Labute approximate surface area is 64.1 Å². The van der Waals surface area contributed by atoms with E-state index in [4.69, 9.17) is 4.74 Å². The van der Waals surface area contributed by atoms with E-state index < -0.39 is 0 Å². The summed E-state index contributed by atoms with van der Waals surface area (Å²) in [5, 5.41) is 5.62. The molecule has 1 heterocycles. The third kappa shape index (κ3) is 2.34. The molecule has 0 amide bonds. The normalized spacial score (nSPS) is 31.3. The van der Waals surface area contributed by atoms with Crippen molar-refractivity contribution in [2.45, 2.75) is 25.0 Å². The second-order valence-electron chi connectivity index (χ2n) is 2.59. The minimum absolute atomic E-state index is 0.131. The van der Waals surface area contributed by atoms with Gasteiger partial charge in [-0.25, -0.2) is 0 Å². The highest BCUT2D eigenvalue weighted by Gasteiger charge is 2.22. The third-order valence-electron chi connectivity index (χ3n) is 1.77. The van der Waals surface area contributed by atoms with Crippen LogP contribution in [-0.2, 0) is 4.74 Å². The lowest BCUT2D eigenvalue weighted by Gasteiger charge is -2.23. The van der Waals surface area contributed by atoms with Crippen molar-refractivity contribution < 1.29 is 4.74 Å². The average Bonchev–Trinajstić information content (AvgIpc) is 2.06. The van der Waals surface area contributed by atoms with Gasteiger partial charge in [0, 0.05) is 13.0 Å². The van der Waals surface area contributed by atoms with Crippen LogP contribution in [-0.4, -0.2) is 25.3 Å². The first kappa shape index (κ1) is 8.26. The zero-order chi connectivity index (χ0) is 8.10. The maximum atomic E-state index is 10.1. The molecule has 62 valence electrons. The van der Waals surface area contributed by atoms with Gasteiger partial charge in [-0.3, -0.25) is 0 Å². The molecule has 0 aromatic heterocycles. The molecule has 5 nitrogen and oxygen atoms in total. The molecule has 0 radical (unpaired) electrons. The first-order valence-electron chi connectivity index (χ1n) is 3.60. The van der Waals surface area contributed by atoms with Gasteiger partial charge >= 0.3 is 0 Å². The largest absolute Gasteiger partial charge is 0.376 e. The maximum Gasteiger partial charge on any atom is 0.107 e. The lowest BCUT2D eigenvalue weighted by molar-refractivity contribution is 0.0142. The second kappa shape index (κ2) is 4.12. The Kier molecular flexibility index (Phi) is 3.10. The van der Waals surface area contributed by atoms with Gasteiger partial charge in [0.15, 0.2) is 0 Å². The van der Waals surface area contributed by atoms with E-state index in [9.17, 15) is 9.81 Å². The number of rotatable bonds is 3. The summed E-state index contributed by atoms with van der Waals surface area (Å²) in [5.74, 6) is 0. The van der Waals surface area contributed by atoms with Crippen LogP contribution in [0.2, 0.25) is 0 Å². The monoisotopic (exact) mass is 158 g/mol. The Morgan fingerprint density at radius 3 is 2.91 bits per heavy atom. The summed E-state index contributed by atoms with van der Waals surface area (Å²) in [6, 6.07) is -0.185. The molecule has 0 spiro atoms. The minimum atomic E-state index is -0.191. The molecular weight excluding hydrogens is 148 g/mol. The van der Waals surface area contributed by atoms with E-state index in [-0.39, 0.29) is 18.7 Å². The molecule has 11 heavy (non-hydrogen) atoms. The Morgan fingerprint density at radius 2 is 2.27 bits per heavy atom. The molecule has 0 N–H and O–H groups in total. The molecule has 0 aliphatic carbocycles. The summed E-state index contributed by atoms with van der Waals surface area (Å²) in [6.07, 6.45) is 1.01. The molecule has 1 saturated heterocycles. The van der Waals surface area contributed by atoms with Crippen LogP contribution in [0, 0.1) is 9.81 Å². The zero-order valence-corrected chi connectivity index (χ0v) is 6.10. The van der Waals surface area contributed by atoms with Crippen LogP contribution < -0.4 is 0 Å². The number of hydrogen-bond donors (Lipinski definition) is 0. The van der Waals surface area contributed by atoms with Crippen LogP contribution in [0.25, 0.3) is 0 Å². The molecule has 0 bridgehead atoms. The Hall–Kier alpha value is -0.840. The first-order chi connectivity index (χ1) is 5.36. The van der Waals surface area contributed by atoms with E-state index in [1.165, 1.54) is 0 Å². The van der Waals surface area contributed by atoms with Crippen molar-refractivity contribution >= 4 is 0 Å². The van der Waals surface area contributed by atoms with Crippen molar-refractivity contribution in [3.63, 3.8) is 0 Å². The zero-order valence-electron chi connectivity index (χ0n) is 6.10. The highest BCUT2D eigenvalue weighted by Crippen LogP contribution is 2.16. The maximum absolute atomic E-state index is 10.1. The van der Waals surface area contributed by atoms with Crippen LogP contribution in [0.15, 0.2) is 10.4 Å². The van der Waals surface area contributed by atoms with Crippen LogP contribution >= 0.6 is 0 Å². The van der Waals surface area contributed by atoms with Crippen molar-refractivity contribution in [1.29, 1.82) is 0 Å². The van der Waals surface area contributed by atoms with Crippen LogP contribution in [0.5, 0.6) is 0 Å². The van der Waals surface area contributed by atoms with Crippen LogP contribution in [0.1, 0.15) is 12.8 Å². The third-order valence-corrected chi connectivity index (χ3v) is 1.77. The summed E-state index contributed by atoms with van der Waals surface area (Å²) in [6.45, 7) is 0.641.